The summed E-state index contributed by atoms with van der Waals surface area (Å²) in [5, 5.41) is 14.3. The van der Waals surface area contributed by atoms with Crippen molar-refractivity contribution < 1.29 is 9.90 Å². The average Bonchev–Trinajstić information content (AvgIpc) is 2.48. The number of hydrazone groups is 1. The maximum atomic E-state index is 11.8. The van der Waals surface area contributed by atoms with E-state index >= 15 is 0 Å². The number of carbonyl (C=O) groups excluding carboxylic acids is 1. The summed E-state index contributed by atoms with van der Waals surface area (Å²) in [6.45, 7) is 0. The lowest BCUT2D eigenvalue weighted by atomic mass is 10.2. The second-order valence-corrected chi connectivity index (χ2v) is 5.23. The molecule has 0 unspecified atom stereocenters. The lowest BCUT2D eigenvalue weighted by Gasteiger charge is -2.03. The molecule has 2 aromatic carbocycles. The predicted octanol–water partition coefficient (Wildman–Crippen LogP) is 4.12. The summed E-state index contributed by atoms with van der Waals surface area (Å²) >= 11 is 17.3. The van der Waals surface area contributed by atoms with Gasteiger partial charge < -0.3 is 5.11 Å². The molecule has 0 aliphatic carbocycles. The van der Waals surface area contributed by atoms with Gasteiger partial charge in [0.25, 0.3) is 5.91 Å². The van der Waals surface area contributed by atoms with Gasteiger partial charge in [-0.1, -0.05) is 34.8 Å². The molecule has 2 aromatic rings. The third-order valence-electron chi connectivity index (χ3n) is 2.58. The molecule has 4 nitrogen and oxygen atoms in total. The maximum Gasteiger partial charge on any atom is 0.271 e. The van der Waals surface area contributed by atoms with Crippen LogP contribution in [0.4, 0.5) is 0 Å². The molecule has 0 saturated heterocycles. The van der Waals surface area contributed by atoms with Crippen molar-refractivity contribution in [3.05, 3.63) is 62.6 Å². The van der Waals surface area contributed by atoms with E-state index < -0.39 is 5.91 Å². The summed E-state index contributed by atoms with van der Waals surface area (Å²) < 4.78 is 0. The van der Waals surface area contributed by atoms with Gasteiger partial charge in [-0.25, -0.2) is 5.43 Å². The van der Waals surface area contributed by atoms with Crippen molar-refractivity contribution in [1.29, 1.82) is 0 Å². The third-order valence-corrected chi connectivity index (χ3v) is 3.62. The van der Waals surface area contributed by atoms with Crippen LogP contribution in [0.3, 0.4) is 0 Å². The average molecular weight is 344 g/mol. The first-order chi connectivity index (χ1) is 9.99. The molecule has 0 radical (unpaired) electrons. The van der Waals surface area contributed by atoms with Gasteiger partial charge in [0.2, 0.25) is 0 Å². The van der Waals surface area contributed by atoms with Gasteiger partial charge >= 0.3 is 0 Å². The van der Waals surface area contributed by atoms with Crippen LogP contribution in [0.15, 0.2) is 41.5 Å². The van der Waals surface area contributed by atoms with Crippen LogP contribution in [0, 0.1) is 0 Å². The third kappa shape index (κ3) is 3.88. The van der Waals surface area contributed by atoms with E-state index in [2.05, 4.69) is 10.5 Å². The van der Waals surface area contributed by atoms with Gasteiger partial charge in [0.1, 0.15) is 10.8 Å². The van der Waals surface area contributed by atoms with Gasteiger partial charge in [0, 0.05) is 16.1 Å². The van der Waals surface area contributed by atoms with Crippen LogP contribution in [-0.2, 0) is 0 Å². The highest BCUT2D eigenvalue weighted by molar-refractivity contribution is 6.43. The Hall–Kier alpha value is -1.75. The summed E-state index contributed by atoms with van der Waals surface area (Å²) in [6.07, 6.45) is 1.27. The Morgan fingerprint density at radius 1 is 1.10 bits per heavy atom. The van der Waals surface area contributed by atoms with E-state index in [1.54, 1.807) is 24.3 Å². The molecule has 0 bridgehead atoms. The van der Waals surface area contributed by atoms with E-state index in [1.807, 2.05) is 0 Å². The monoisotopic (exact) mass is 342 g/mol. The van der Waals surface area contributed by atoms with E-state index in [4.69, 9.17) is 34.8 Å². The normalized spacial score (nSPS) is 10.8. The standard InChI is InChI=1S/C14H9Cl3N2O2/c15-10-4-1-8(2-5-10)14(21)19-18-7-9-3-6-11(16)12(17)13(9)20/h1-7,20H,(H,19,21)/b18-7+. The Kier molecular flexibility index (Phi) is 5.07. The van der Waals surface area contributed by atoms with Crippen molar-refractivity contribution in [2.24, 2.45) is 5.10 Å². The number of phenolic OH excluding ortho intramolecular Hbond substituents is 1. The molecule has 0 aromatic heterocycles. The number of aromatic hydroxyl groups is 1. The molecule has 21 heavy (non-hydrogen) atoms. The lowest BCUT2D eigenvalue weighted by molar-refractivity contribution is 0.0955. The highest BCUT2D eigenvalue weighted by atomic mass is 35.5. The minimum Gasteiger partial charge on any atom is -0.506 e. The van der Waals surface area contributed by atoms with Crippen molar-refractivity contribution >= 4 is 46.9 Å². The lowest BCUT2D eigenvalue weighted by Crippen LogP contribution is -2.17. The highest BCUT2D eigenvalue weighted by Crippen LogP contribution is 2.33. The second-order valence-electron chi connectivity index (χ2n) is 4.01. The van der Waals surface area contributed by atoms with Gasteiger partial charge in [-0.05, 0) is 36.4 Å². The summed E-state index contributed by atoms with van der Waals surface area (Å²) in [4.78, 5) is 11.8. The molecule has 0 atom stereocenters. The summed E-state index contributed by atoms with van der Waals surface area (Å²) in [5.74, 6) is -0.601. The van der Waals surface area contributed by atoms with Crippen LogP contribution >= 0.6 is 34.8 Å². The highest BCUT2D eigenvalue weighted by Gasteiger charge is 2.08. The molecule has 0 fully saturated rings. The first-order valence-electron chi connectivity index (χ1n) is 5.75. The van der Waals surface area contributed by atoms with Crippen LogP contribution in [0.25, 0.3) is 0 Å². The minimum atomic E-state index is -0.400. The Labute approximate surface area is 135 Å². The molecule has 1 amide bonds. The Morgan fingerprint density at radius 3 is 2.43 bits per heavy atom. The number of nitrogens with one attached hydrogen (secondary N) is 1. The summed E-state index contributed by atoms with van der Waals surface area (Å²) in [5.41, 5.74) is 3.07. The molecule has 0 spiro atoms. The molecule has 0 aliphatic rings. The number of hydrogen-bond acceptors (Lipinski definition) is 3. The van der Waals surface area contributed by atoms with Crippen LogP contribution in [-0.4, -0.2) is 17.2 Å². The van der Waals surface area contributed by atoms with Crippen molar-refractivity contribution in [2.75, 3.05) is 0 Å². The molecule has 2 N–H and O–H groups in total. The zero-order valence-corrected chi connectivity index (χ0v) is 12.7. The number of phenols is 1. The largest absolute Gasteiger partial charge is 0.506 e. The molecular formula is C14H9Cl3N2O2. The first kappa shape index (κ1) is 15.6. The van der Waals surface area contributed by atoms with Gasteiger partial charge in [-0.2, -0.15) is 5.10 Å². The molecule has 0 aliphatic heterocycles. The molecule has 108 valence electrons. The zero-order chi connectivity index (χ0) is 15.4. The Bertz CT molecular complexity index is 700. The number of amides is 1. The van der Waals surface area contributed by atoms with E-state index in [-0.39, 0.29) is 15.8 Å². The van der Waals surface area contributed by atoms with E-state index in [1.165, 1.54) is 18.3 Å². The van der Waals surface area contributed by atoms with E-state index in [0.29, 0.717) is 16.1 Å². The quantitative estimate of drug-likeness (QED) is 0.650. The van der Waals surface area contributed by atoms with Gasteiger partial charge in [0.15, 0.2) is 0 Å². The van der Waals surface area contributed by atoms with Gasteiger partial charge in [0.05, 0.1) is 11.2 Å². The van der Waals surface area contributed by atoms with Crippen LogP contribution in [0.2, 0.25) is 15.1 Å². The number of nitrogens with zero attached hydrogens (tertiary/aromatic N) is 1. The van der Waals surface area contributed by atoms with Crippen molar-refractivity contribution in [3.63, 3.8) is 0 Å². The number of hydrogen-bond donors (Lipinski definition) is 2. The number of carbonyl (C=O) groups is 1. The SMILES string of the molecule is O=C(N/N=C/c1ccc(Cl)c(Cl)c1O)c1ccc(Cl)cc1. The first-order valence-corrected chi connectivity index (χ1v) is 6.88. The fraction of sp³-hybridized carbons (Fsp3) is 0. The number of halogens is 3. The van der Waals surface area contributed by atoms with Gasteiger partial charge in [-0.3, -0.25) is 4.79 Å². The fourth-order valence-electron chi connectivity index (χ4n) is 1.49. The van der Waals surface area contributed by atoms with Crippen LogP contribution < -0.4 is 5.43 Å². The Balaban J connectivity index is 2.07. The van der Waals surface area contributed by atoms with Crippen molar-refractivity contribution in [1.82, 2.24) is 5.43 Å². The molecule has 2 rings (SSSR count). The minimum absolute atomic E-state index is 0.0321. The van der Waals surface area contributed by atoms with E-state index in [0.717, 1.165) is 0 Å². The smallest absolute Gasteiger partial charge is 0.271 e. The molecule has 7 heteroatoms. The topological polar surface area (TPSA) is 61.7 Å². The van der Waals surface area contributed by atoms with E-state index in [9.17, 15) is 9.90 Å². The number of benzene rings is 2. The molecular weight excluding hydrogens is 335 g/mol. The second kappa shape index (κ2) is 6.80. The molecule has 0 heterocycles. The van der Waals surface area contributed by atoms with Crippen LogP contribution in [0.5, 0.6) is 5.75 Å². The zero-order valence-electron chi connectivity index (χ0n) is 10.5. The summed E-state index contributed by atoms with van der Waals surface area (Å²) in [7, 11) is 0. The summed E-state index contributed by atoms with van der Waals surface area (Å²) in [6, 6.07) is 9.40. The maximum absolute atomic E-state index is 11.8. The van der Waals surface area contributed by atoms with Crippen molar-refractivity contribution in [2.45, 2.75) is 0 Å². The fourth-order valence-corrected chi connectivity index (χ4v) is 1.94. The van der Waals surface area contributed by atoms with Gasteiger partial charge in [-0.15, -0.1) is 0 Å². The molecule has 0 saturated carbocycles. The Morgan fingerprint density at radius 2 is 1.76 bits per heavy atom. The predicted molar refractivity (Wildman–Crippen MR) is 84.6 cm³/mol. The van der Waals surface area contributed by atoms with Crippen molar-refractivity contribution in [3.8, 4) is 5.75 Å². The number of rotatable bonds is 3. The van der Waals surface area contributed by atoms with Crippen LogP contribution in [0.1, 0.15) is 15.9 Å².